The zero-order chi connectivity index (χ0) is 13.4. The monoisotopic (exact) mass is 294 g/mol. The maximum atomic E-state index is 12.3. The van der Waals surface area contributed by atoms with Crippen molar-refractivity contribution in [1.82, 2.24) is 9.88 Å². The summed E-state index contributed by atoms with van der Waals surface area (Å²) in [4.78, 5) is 19.3. The first-order valence-electron chi connectivity index (χ1n) is 6.09. The Balaban J connectivity index is 1.80. The van der Waals surface area contributed by atoms with Crippen molar-refractivity contribution < 1.29 is 9.90 Å². The third-order valence-electron chi connectivity index (χ3n) is 3.26. The van der Waals surface area contributed by atoms with Gasteiger partial charge in [0.15, 0.2) is 0 Å². The van der Waals surface area contributed by atoms with Crippen molar-refractivity contribution in [2.45, 2.75) is 6.92 Å². The molecule has 1 aliphatic heterocycles. The molecule has 0 aliphatic carbocycles. The van der Waals surface area contributed by atoms with Crippen LogP contribution in [-0.4, -0.2) is 40.6 Å². The van der Waals surface area contributed by atoms with Gasteiger partial charge < -0.3 is 10.0 Å². The number of thiazole rings is 1. The van der Waals surface area contributed by atoms with Crippen molar-refractivity contribution in [3.8, 4) is 10.6 Å². The normalized spacial score (nSPS) is 15.6. The van der Waals surface area contributed by atoms with Crippen LogP contribution in [0, 0.1) is 12.8 Å². The molecule has 0 atom stereocenters. The lowest BCUT2D eigenvalue weighted by molar-refractivity contribution is 0.0365. The number of hydrogen-bond acceptors (Lipinski definition) is 5. The second kappa shape index (κ2) is 5.03. The highest BCUT2D eigenvalue weighted by atomic mass is 32.1. The van der Waals surface area contributed by atoms with Crippen LogP contribution in [-0.2, 0) is 0 Å². The molecule has 3 heterocycles. The fraction of sp³-hybridized carbons (Fsp3) is 0.385. The molecule has 2 aromatic rings. The van der Waals surface area contributed by atoms with E-state index < -0.39 is 0 Å². The standard InChI is InChI=1S/C13H14N2O2S2/c1-8-11(13(17)15-4-9(5-15)6-16)19-12(14-8)10-2-3-18-7-10/h2-3,7,9,16H,4-6H2,1H3. The average Bonchev–Trinajstić information content (AvgIpc) is 2.95. The van der Waals surface area contributed by atoms with Gasteiger partial charge in [-0.1, -0.05) is 0 Å². The molecule has 0 bridgehead atoms. The van der Waals surface area contributed by atoms with Gasteiger partial charge in [0.2, 0.25) is 0 Å². The Labute approximate surface area is 119 Å². The summed E-state index contributed by atoms with van der Waals surface area (Å²) in [7, 11) is 0. The number of carbonyl (C=O) groups excluding carboxylic acids is 1. The van der Waals surface area contributed by atoms with Crippen molar-refractivity contribution >= 4 is 28.6 Å². The average molecular weight is 294 g/mol. The van der Waals surface area contributed by atoms with E-state index in [1.165, 1.54) is 11.3 Å². The molecule has 3 rings (SSSR count). The zero-order valence-electron chi connectivity index (χ0n) is 10.5. The van der Waals surface area contributed by atoms with Gasteiger partial charge in [0.25, 0.3) is 5.91 Å². The van der Waals surface area contributed by atoms with E-state index in [0.29, 0.717) is 13.1 Å². The number of carbonyl (C=O) groups is 1. The van der Waals surface area contributed by atoms with Gasteiger partial charge in [-0.3, -0.25) is 4.79 Å². The van der Waals surface area contributed by atoms with Gasteiger partial charge in [-0.15, -0.1) is 11.3 Å². The van der Waals surface area contributed by atoms with Gasteiger partial charge in [-0.2, -0.15) is 11.3 Å². The Hall–Kier alpha value is -1.24. The summed E-state index contributed by atoms with van der Waals surface area (Å²) in [6.45, 7) is 3.34. The fourth-order valence-electron chi connectivity index (χ4n) is 2.10. The van der Waals surface area contributed by atoms with Gasteiger partial charge >= 0.3 is 0 Å². The molecule has 0 unspecified atom stereocenters. The van der Waals surface area contributed by atoms with E-state index in [4.69, 9.17) is 5.11 Å². The van der Waals surface area contributed by atoms with E-state index >= 15 is 0 Å². The Morgan fingerprint density at radius 3 is 3.00 bits per heavy atom. The molecule has 0 radical (unpaired) electrons. The van der Waals surface area contributed by atoms with Crippen LogP contribution in [0.15, 0.2) is 16.8 Å². The molecule has 1 N–H and O–H groups in total. The highest BCUT2D eigenvalue weighted by molar-refractivity contribution is 7.17. The molecule has 100 valence electrons. The minimum Gasteiger partial charge on any atom is -0.396 e. The van der Waals surface area contributed by atoms with Crippen LogP contribution >= 0.6 is 22.7 Å². The number of hydrogen-bond donors (Lipinski definition) is 1. The molecule has 0 saturated carbocycles. The van der Waals surface area contributed by atoms with Crippen molar-refractivity contribution in [2.75, 3.05) is 19.7 Å². The van der Waals surface area contributed by atoms with Gasteiger partial charge in [0.1, 0.15) is 9.88 Å². The predicted octanol–water partition coefficient (Wildman–Crippen LogP) is 2.24. The number of aliphatic hydroxyl groups excluding tert-OH is 1. The Morgan fingerprint density at radius 1 is 1.58 bits per heavy atom. The summed E-state index contributed by atoms with van der Waals surface area (Å²) in [6.07, 6.45) is 0. The van der Waals surface area contributed by atoms with Gasteiger partial charge in [0.05, 0.1) is 5.69 Å². The molecular formula is C13H14N2O2S2. The molecule has 19 heavy (non-hydrogen) atoms. The SMILES string of the molecule is Cc1nc(-c2ccsc2)sc1C(=O)N1CC(CO)C1. The third-order valence-corrected chi connectivity index (χ3v) is 5.14. The first-order valence-corrected chi connectivity index (χ1v) is 7.85. The maximum absolute atomic E-state index is 12.3. The predicted molar refractivity (Wildman–Crippen MR) is 76.6 cm³/mol. The third kappa shape index (κ3) is 2.31. The number of aryl methyl sites for hydroxylation is 1. The van der Waals surface area contributed by atoms with E-state index in [2.05, 4.69) is 4.98 Å². The second-order valence-corrected chi connectivity index (χ2v) is 6.48. The lowest BCUT2D eigenvalue weighted by Crippen LogP contribution is -2.51. The second-order valence-electron chi connectivity index (χ2n) is 4.70. The largest absolute Gasteiger partial charge is 0.396 e. The molecular weight excluding hydrogens is 280 g/mol. The summed E-state index contributed by atoms with van der Waals surface area (Å²) in [5.74, 6) is 0.287. The Bertz CT molecular complexity index is 586. The molecule has 0 spiro atoms. The minimum absolute atomic E-state index is 0.0428. The van der Waals surface area contributed by atoms with Crippen molar-refractivity contribution in [3.63, 3.8) is 0 Å². The Kier molecular flexibility index (Phi) is 3.38. The summed E-state index contributed by atoms with van der Waals surface area (Å²) in [6, 6.07) is 2.02. The molecule has 1 aliphatic rings. The highest BCUT2D eigenvalue weighted by Crippen LogP contribution is 2.31. The summed E-state index contributed by atoms with van der Waals surface area (Å²) in [5.41, 5.74) is 1.87. The zero-order valence-corrected chi connectivity index (χ0v) is 12.1. The van der Waals surface area contributed by atoms with Crippen molar-refractivity contribution in [2.24, 2.45) is 5.92 Å². The Morgan fingerprint density at radius 2 is 2.37 bits per heavy atom. The number of rotatable bonds is 3. The van der Waals surface area contributed by atoms with Gasteiger partial charge in [-0.25, -0.2) is 4.98 Å². The first-order chi connectivity index (χ1) is 9.19. The highest BCUT2D eigenvalue weighted by Gasteiger charge is 2.32. The van der Waals surface area contributed by atoms with E-state index in [9.17, 15) is 4.79 Å². The molecule has 1 amide bonds. The van der Waals surface area contributed by atoms with Crippen LogP contribution < -0.4 is 0 Å². The summed E-state index contributed by atoms with van der Waals surface area (Å²) in [5, 5.41) is 13.9. The number of aromatic nitrogens is 1. The molecule has 0 aromatic carbocycles. The van der Waals surface area contributed by atoms with Crippen LogP contribution in [0.5, 0.6) is 0 Å². The number of likely N-dealkylation sites (tertiary alicyclic amines) is 1. The number of nitrogens with zero attached hydrogens (tertiary/aromatic N) is 2. The van der Waals surface area contributed by atoms with Crippen LogP contribution in [0.3, 0.4) is 0 Å². The van der Waals surface area contributed by atoms with E-state index in [0.717, 1.165) is 21.1 Å². The van der Waals surface area contributed by atoms with Gasteiger partial charge in [0, 0.05) is 36.6 Å². The lowest BCUT2D eigenvalue weighted by atomic mass is 10.0. The number of aliphatic hydroxyl groups is 1. The first kappa shape index (κ1) is 12.8. The van der Waals surface area contributed by atoms with Crippen LogP contribution in [0.2, 0.25) is 0 Å². The summed E-state index contributed by atoms with van der Waals surface area (Å²) >= 11 is 3.08. The molecule has 2 aromatic heterocycles. The number of amides is 1. The summed E-state index contributed by atoms with van der Waals surface area (Å²) < 4.78 is 0. The van der Waals surface area contributed by atoms with Crippen LogP contribution in [0.4, 0.5) is 0 Å². The van der Waals surface area contributed by atoms with Crippen LogP contribution in [0.25, 0.3) is 10.6 Å². The fourth-order valence-corrected chi connectivity index (χ4v) is 3.84. The smallest absolute Gasteiger partial charge is 0.265 e. The number of thiophene rings is 1. The topological polar surface area (TPSA) is 53.4 Å². The van der Waals surface area contributed by atoms with Crippen molar-refractivity contribution in [3.05, 3.63) is 27.4 Å². The maximum Gasteiger partial charge on any atom is 0.265 e. The molecule has 4 nitrogen and oxygen atoms in total. The minimum atomic E-state index is 0.0428. The molecule has 1 fully saturated rings. The molecule has 6 heteroatoms. The van der Waals surface area contributed by atoms with Gasteiger partial charge in [-0.05, 0) is 18.4 Å². The van der Waals surface area contributed by atoms with E-state index in [-0.39, 0.29) is 18.4 Å². The molecule has 1 saturated heterocycles. The van der Waals surface area contributed by atoms with E-state index in [1.54, 1.807) is 16.2 Å². The van der Waals surface area contributed by atoms with Crippen molar-refractivity contribution in [1.29, 1.82) is 0 Å². The lowest BCUT2D eigenvalue weighted by Gasteiger charge is -2.37. The van der Waals surface area contributed by atoms with E-state index in [1.807, 2.05) is 23.8 Å². The van der Waals surface area contributed by atoms with Crippen LogP contribution in [0.1, 0.15) is 15.4 Å². The quantitative estimate of drug-likeness (QED) is 0.944.